The summed E-state index contributed by atoms with van der Waals surface area (Å²) in [6.45, 7) is 0. The van der Waals surface area contributed by atoms with E-state index in [1.807, 2.05) is 0 Å². The van der Waals surface area contributed by atoms with Gasteiger partial charge in [-0.3, -0.25) is 4.79 Å². The lowest BCUT2D eigenvalue weighted by Crippen LogP contribution is -2.15. The zero-order valence-corrected chi connectivity index (χ0v) is 9.61. The van der Waals surface area contributed by atoms with E-state index in [-0.39, 0.29) is 21.5 Å². The van der Waals surface area contributed by atoms with Gasteiger partial charge in [0.1, 0.15) is 0 Å². The molecule has 0 fully saturated rings. The van der Waals surface area contributed by atoms with Crippen molar-refractivity contribution < 1.29 is 9.53 Å². The van der Waals surface area contributed by atoms with Crippen molar-refractivity contribution in [1.82, 2.24) is 4.98 Å². The van der Waals surface area contributed by atoms with Crippen molar-refractivity contribution in [3.63, 3.8) is 0 Å². The number of methoxy groups -OCH3 is 1. The molecule has 0 unspecified atom stereocenters. The monoisotopic (exact) mass is 279 g/mol. The summed E-state index contributed by atoms with van der Waals surface area (Å²) in [5, 5.41) is 0. The van der Waals surface area contributed by atoms with Gasteiger partial charge < -0.3 is 9.72 Å². The highest BCUT2D eigenvalue weighted by Crippen LogP contribution is 2.13. The number of esters is 1. The third kappa shape index (κ3) is 2.16. The van der Waals surface area contributed by atoms with Gasteiger partial charge in [-0.05, 0) is 22.0 Å². The minimum absolute atomic E-state index is 0.0486. The number of aromatic nitrogens is 1. The van der Waals surface area contributed by atoms with Gasteiger partial charge in [0.25, 0.3) is 5.56 Å². The lowest BCUT2D eigenvalue weighted by molar-refractivity contribution is 0.0599. The van der Waals surface area contributed by atoms with E-state index in [9.17, 15) is 9.59 Å². The molecule has 4 nitrogen and oxygen atoms in total. The number of rotatable bonds is 2. The Labute approximate surface area is 93.4 Å². The molecule has 0 spiro atoms. The van der Waals surface area contributed by atoms with Gasteiger partial charge in [-0.1, -0.05) is 0 Å². The maximum absolute atomic E-state index is 11.2. The molecule has 0 aliphatic rings. The molecule has 1 aromatic heterocycles. The summed E-state index contributed by atoms with van der Waals surface area (Å²) < 4.78 is 4.80. The Morgan fingerprint density at radius 2 is 2.36 bits per heavy atom. The minimum Gasteiger partial charge on any atom is -0.465 e. The quantitative estimate of drug-likeness (QED) is 0.662. The minimum atomic E-state index is -0.530. The fourth-order valence-electron chi connectivity index (χ4n) is 0.941. The van der Waals surface area contributed by atoms with Crippen LogP contribution in [-0.2, 0) is 10.6 Å². The van der Waals surface area contributed by atoms with Gasteiger partial charge in [-0.25, -0.2) is 4.79 Å². The van der Waals surface area contributed by atoms with E-state index in [2.05, 4.69) is 25.7 Å². The van der Waals surface area contributed by atoms with Gasteiger partial charge in [0.15, 0.2) is 0 Å². The fourth-order valence-corrected chi connectivity index (χ4v) is 1.48. The van der Waals surface area contributed by atoms with E-state index >= 15 is 0 Å². The smallest absolute Gasteiger partial charge is 0.339 e. The first-order valence-electron chi connectivity index (χ1n) is 3.66. The summed E-state index contributed by atoms with van der Waals surface area (Å²) in [4.78, 5) is 24.9. The van der Waals surface area contributed by atoms with Crippen LogP contribution in [-0.4, -0.2) is 18.1 Å². The molecule has 1 N–H and O–H groups in total. The Kier molecular flexibility index (Phi) is 3.71. The number of hydrogen-bond acceptors (Lipinski definition) is 3. The third-order valence-corrected chi connectivity index (χ3v) is 2.47. The number of H-pyrrole nitrogens is 1. The number of carbonyl (C=O) groups excluding carboxylic acids is 1. The second-order valence-electron chi connectivity index (χ2n) is 2.46. The Hall–Kier alpha value is -0.810. The second kappa shape index (κ2) is 4.61. The number of alkyl halides is 1. The molecule has 0 saturated heterocycles. The molecule has 1 rings (SSSR count). The SMILES string of the molecule is COC(=O)c1cc(Br)c(=O)[nH]c1CCl. The van der Waals surface area contributed by atoms with Gasteiger partial charge in [-0.15, -0.1) is 11.6 Å². The molecular formula is C8H7BrClNO3. The maximum atomic E-state index is 11.2. The molecule has 0 aliphatic heterocycles. The molecular weight excluding hydrogens is 273 g/mol. The van der Waals surface area contributed by atoms with Crippen molar-refractivity contribution in [3.05, 3.63) is 32.2 Å². The lowest BCUT2D eigenvalue weighted by atomic mass is 10.2. The molecule has 0 amide bonds. The summed E-state index contributed by atoms with van der Waals surface area (Å²) in [5.41, 5.74) is 0.286. The van der Waals surface area contributed by atoms with Crippen LogP contribution in [0.1, 0.15) is 16.1 Å². The lowest BCUT2D eigenvalue weighted by Gasteiger charge is -2.04. The summed E-state index contributed by atoms with van der Waals surface area (Å²) in [6, 6.07) is 1.39. The van der Waals surface area contributed by atoms with Gasteiger partial charge in [0, 0.05) is 5.69 Å². The summed E-state index contributed by atoms with van der Waals surface area (Å²) >= 11 is 8.58. The van der Waals surface area contributed by atoms with Crippen molar-refractivity contribution in [1.29, 1.82) is 0 Å². The van der Waals surface area contributed by atoms with Crippen LogP contribution in [0.5, 0.6) is 0 Å². The van der Waals surface area contributed by atoms with E-state index in [1.165, 1.54) is 13.2 Å². The van der Waals surface area contributed by atoms with Crippen LogP contribution < -0.4 is 5.56 Å². The second-order valence-corrected chi connectivity index (χ2v) is 3.59. The third-order valence-electron chi connectivity index (χ3n) is 1.62. The first kappa shape index (κ1) is 11.3. The summed E-state index contributed by atoms with van der Waals surface area (Å²) in [7, 11) is 1.26. The van der Waals surface area contributed by atoms with Crippen LogP contribution in [0.2, 0.25) is 0 Å². The van der Waals surface area contributed by atoms with Gasteiger partial charge in [0.05, 0.1) is 23.0 Å². The highest BCUT2D eigenvalue weighted by molar-refractivity contribution is 9.10. The first-order valence-corrected chi connectivity index (χ1v) is 4.99. The standard InChI is InChI=1S/C8H7BrClNO3/c1-14-8(13)4-2-5(9)7(12)11-6(4)3-10/h2H,3H2,1H3,(H,11,12). The number of aromatic amines is 1. The molecule has 76 valence electrons. The number of pyridine rings is 1. The average Bonchev–Trinajstić information content (AvgIpc) is 2.20. The van der Waals surface area contributed by atoms with Crippen LogP contribution in [0.15, 0.2) is 15.3 Å². The topological polar surface area (TPSA) is 59.2 Å². The highest BCUT2D eigenvalue weighted by atomic mass is 79.9. The van der Waals surface area contributed by atoms with Crippen molar-refractivity contribution >= 4 is 33.5 Å². The summed E-state index contributed by atoms with van der Waals surface area (Å²) in [5.74, 6) is -0.481. The number of nitrogens with one attached hydrogen (secondary N) is 1. The zero-order valence-electron chi connectivity index (χ0n) is 7.27. The Morgan fingerprint density at radius 3 is 2.86 bits per heavy atom. The van der Waals surface area contributed by atoms with Gasteiger partial charge in [0.2, 0.25) is 0 Å². The predicted octanol–water partition coefficient (Wildman–Crippen LogP) is 1.66. The number of carbonyl (C=O) groups is 1. The van der Waals surface area contributed by atoms with Crippen LogP contribution in [0.25, 0.3) is 0 Å². The average molecular weight is 281 g/mol. The van der Waals surface area contributed by atoms with E-state index in [0.29, 0.717) is 5.69 Å². The van der Waals surface area contributed by atoms with Gasteiger partial charge >= 0.3 is 5.97 Å². The van der Waals surface area contributed by atoms with Crippen LogP contribution in [0.4, 0.5) is 0 Å². The summed E-state index contributed by atoms with van der Waals surface area (Å²) in [6.07, 6.45) is 0. The molecule has 0 aliphatic carbocycles. The maximum Gasteiger partial charge on any atom is 0.339 e. The van der Waals surface area contributed by atoms with Crippen molar-refractivity contribution in [3.8, 4) is 0 Å². The molecule has 0 aromatic carbocycles. The van der Waals surface area contributed by atoms with Crippen molar-refractivity contribution in [2.45, 2.75) is 5.88 Å². The van der Waals surface area contributed by atoms with Crippen LogP contribution >= 0.6 is 27.5 Å². The van der Waals surface area contributed by atoms with Crippen molar-refractivity contribution in [2.75, 3.05) is 7.11 Å². The normalized spacial score (nSPS) is 9.93. The number of halogens is 2. The largest absolute Gasteiger partial charge is 0.465 e. The van der Waals surface area contributed by atoms with Crippen LogP contribution in [0, 0.1) is 0 Å². The Morgan fingerprint density at radius 1 is 1.71 bits per heavy atom. The molecule has 14 heavy (non-hydrogen) atoms. The van der Waals surface area contributed by atoms with E-state index in [4.69, 9.17) is 11.6 Å². The van der Waals surface area contributed by atoms with E-state index in [0.717, 1.165) is 0 Å². The molecule has 6 heteroatoms. The molecule has 0 radical (unpaired) electrons. The van der Waals surface area contributed by atoms with Gasteiger partial charge in [-0.2, -0.15) is 0 Å². The number of hydrogen-bond donors (Lipinski definition) is 1. The molecule has 0 bridgehead atoms. The highest BCUT2D eigenvalue weighted by Gasteiger charge is 2.13. The molecule has 1 heterocycles. The number of ether oxygens (including phenoxy) is 1. The Balaban J connectivity index is 3.34. The zero-order chi connectivity index (χ0) is 10.7. The predicted molar refractivity (Wildman–Crippen MR) is 55.7 cm³/mol. The molecule has 0 atom stereocenters. The van der Waals surface area contributed by atoms with E-state index < -0.39 is 5.97 Å². The fraction of sp³-hybridized carbons (Fsp3) is 0.250. The first-order chi connectivity index (χ1) is 6.60. The van der Waals surface area contributed by atoms with Crippen LogP contribution in [0.3, 0.4) is 0 Å². The molecule has 1 aromatic rings. The Bertz CT molecular complexity index is 416. The van der Waals surface area contributed by atoms with Crippen molar-refractivity contribution in [2.24, 2.45) is 0 Å². The molecule has 0 saturated carbocycles. The van der Waals surface area contributed by atoms with E-state index in [1.54, 1.807) is 0 Å².